The fourth-order valence-corrected chi connectivity index (χ4v) is 1.84. The van der Waals surface area contributed by atoms with E-state index in [1.807, 2.05) is 6.07 Å². The molecule has 0 aliphatic rings. The molecule has 1 aromatic heterocycles. The monoisotopic (exact) mass is 276 g/mol. The van der Waals surface area contributed by atoms with Crippen molar-refractivity contribution < 1.29 is 9.18 Å². The number of rotatable bonds is 6. The third kappa shape index (κ3) is 3.21. The summed E-state index contributed by atoms with van der Waals surface area (Å²) in [5, 5.41) is 7.14. The normalized spacial score (nSPS) is 10.7. The van der Waals surface area contributed by atoms with Crippen molar-refractivity contribution in [3.63, 3.8) is 0 Å². The minimum Gasteiger partial charge on any atom is -0.366 e. The largest absolute Gasteiger partial charge is 0.366 e. The molecule has 0 aliphatic heterocycles. The van der Waals surface area contributed by atoms with Crippen LogP contribution in [0.3, 0.4) is 0 Å². The van der Waals surface area contributed by atoms with Crippen LogP contribution in [0.25, 0.3) is 5.69 Å². The van der Waals surface area contributed by atoms with Crippen LogP contribution in [-0.2, 0) is 6.54 Å². The molecule has 2 aromatic rings. The molecule has 6 heteroatoms. The minimum absolute atomic E-state index is 0.248. The lowest BCUT2D eigenvalue weighted by Crippen LogP contribution is -2.14. The first kappa shape index (κ1) is 14.2. The molecular weight excluding hydrogens is 259 g/mol. The average molecular weight is 276 g/mol. The molecule has 5 nitrogen and oxygen atoms in total. The van der Waals surface area contributed by atoms with Gasteiger partial charge in [0.25, 0.3) is 5.91 Å². The Kier molecular flexibility index (Phi) is 4.47. The Balaban J connectivity index is 2.18. The Morgan fingerprint density at radius 3 is 2.90 bits per heavy atom. The van der Waals surface area contributed by atoms with E-state index in [-0.39, 0.29) is 17.1 Å². The second-order valence-electron chi connectivity index (χ2n) is 4.50. The molecule has 0 radical (unpaired) electrons. The summed E-state index contributed by atoms with van der Waals surface area (Å²) >= 11 is 0. The average Bonchev–Trinajstić information content (AvgIpc) is 2.89. The summed E-state index contributed by atoms with van der Waals surface area (Å²) in [4.78, 5) is 11.0. The second kappa shape index (κ2) is 6.29. The van der Waals surface area contributed by atoms with Gasteiger partial charge in [0.15, 0.2) is 0 Å². The van der Waals surface area contributed by atoms with Crippen LogP contribution in [0.5, 0.6) is 0 Å². The van der Waals surface area contributed by atoms with Gasteiger partial charge in [0.05, 0.1) is 11.8 Å². The molecule has 0 atom stereocenters. The first-order chi connectivity index (χ1) is 9.61. The Hall–Kier alpha value is -2.21. The number of hydrogen-bond donors (Lipinski definition) is 2. The van der Waals surface area contributed by atoms with E-state index in [9.17, 15) is 9.18 Å². The first-order valence-corrected chi connectivity index (χ1v) is 6.45. The number of amides is 1. The highest BCUT2D eigenvalue weighted by Crippen LogP contribution is 2.15. The zero-order valence-electron chi connectivity index (χ0n) is 11.3. The Bertz CT molecular complexity index is 609. The molecule has 0 bridgehead atoms. The summed E-state index contributed by atoms with van der Waals surface area (Å²) in [6.07, 6.45) is 3.76. The second-order valence-corrected chi connectivity index (χ2v) is 4.50. The number of nitrogens with one attached hydrogen (secondary N) is 1. The maximum atomic E-state index is 14.1. The molecule has 2 rings (SSSR count). The summed E-state index contributed by atoms with van der Waals surface area (Å²) in [7, 11) is 0. The SMILES string of the molecule is CCCNCc1ccc(-n2cc(C(N)=O)cn2)c(F)c1. The zero-order valence-corrected chi connectivity index (χ0v) is 11.3. The van der Waals surface area contributed by atoms with Gasteiger partial charge in [-0.2, -0.15) is 5.10 Å². The highest BCUT2D eigenvalue weighted by molar-refractivity contribution is 5.92. The third-order valence-electron chi connectivity index (χ3n) is 2.88. The Labute approximate surface area is 116 Å². The number of benzene rings is 1. The smallest absolute Gasteiger partial charge is 0.251 e. The van der Waals surface area contributed by atoms with Crippen molar-refractivity contribution in [1.82, 2.24) is 15.1 Å². The molecule has 20 heavy (non-hydrogen) atoms. The van der Waals surface area contributed by atoms with E-state index >= 15 is 0 Å². The molecule has 0 saturated heterocycles. The molecular formula is C14H17FN4O. The van der Waals surface area contributed by atoms with Crippen LogP contribution in [-0.4, -0.2) is 22.2 Å². The van der Waals surface area contributed by atoms with E-state index < -0.39 is 5.91 Å². The summed E-state index contributed by atoms with van der Waals surface area (Å²) in [5.74, 6) is -0.975. The summed E-state index contributed by atoms with van der Waals surface area (Å²) in [6, 6.07) is 4.92. The van der Waals surface area contributed by atoms with Gasteiger partial charge < -0.3 is 11.1 Å². The van der Waals surface area contributed by atoms with Gasteiger partial charge in [0.2, 0.25) is 0 Å². The number of carbonyl (C=O) groups is 1. The van der Waals surface area contributed by atoms with Gasteiger partial charge in [-0.15, -0.1) is 0 Å². The van der Waals surface area contributed by atoms with E-state index in [0.717, 1.165) is 18.5 Å². The van der Waals surface area contributed by atoms with Crippen LogP contribution < -0.4 is 11.1 Å². The molecule has 0 saturated carbocycles. The number of nitrogens with zero attached hydrogens (tertiary/aromatic N) is 2. The fourth-order valence-electron chi connectivity index (χ4n) is 1.84. The van der Waals surface area contributed by atoms with Gasteiger partial charge >= 0.3 is 0 Å². The van der Waals surface area contributed by atoms with Crippen molar-refractivity contribution in [1.29, 1.82) is 0 Å². The maximum Gasteiger partial charge on any atom is 0.251 e. The first-order valence-electron chi connectivity index (χ1n) is 6.45. The predicted octanol–water partition coefficient (Wildman–Crippen LogP) is 1.61. The van der Waals surface area contributed by atoms with Gasteiger partial charge in [0, 0.05) is 12.7 Å². The van der Waals surface area contributed by atoms with E-state index in [1.54, 1.807) is 6.07 Å². The molecule has 0 unspecified atom stereocenters. The van der Waals surface area contributed by atoms with Gasteiger partial charge in [-0.3, -0.25) is 4.79 Å². The number of hydrogen-bond acceptors (Lipinski definition) is 3. The highest BCUT2D eigenvalue weighted by Gasteiger charge is 2.09. The lowest BCUT2D eigenvalue weighted by atomic mass is 10.2. The van der Waals surface area contributed by atoms with Crippen LogP contribution in [0.2, 0.25) is 0 Å². The number of carbonyl (C=O) groups excluding carboxylic acids is 1. The van der Waals surface area contributed by atoms with Gasteiger partial charge in [-0.25, -0.2) is 9.07 Å². The molecule has 1 aromatic carbocycles. The maximum absolute atomic E-state index is 14.1. The summed E-state index contributed by atoms with van der Waals surface area (Å²) in [6.45, 7) is 3.59. The Morgan fingerprint density at radius 2 is 2.30 bits per heavy atom. The van der Waals surface area contributed by atoms with Crippen LogP contribution in [0.15, 0.2) is 30.6 Å². The van der Waals surface area contributed by atoms with Crippen LogP contribution in [0.1, 0.15) is 29.3 Å². The van der Waals surface area contributed by atoms with Crippen LogP contribution in [0, 0.1) is 5.82 Å². The van der Waals surface area contributed by atoms with Gasteiger partial charge in [-0.05, 0) is 30.7 Å². The van der Waals surface area contributed by atoms with E-state index in [4.69, 9.17) is 5.73 Å². The molecule has 0 fully saturated rings. The van der Waals surface area contributed by atoms with Gasteiger partial charge in [-0.1, -0.05) is 13.0 Å². The topological polar surface area (TPSA) is 72.9 Å². The van der Waals surface area contributed by atoms with E-state index in [0.29, 0.717) is 6.54 Å². The van der Waals surface area contributed by atoms with Crippen molar-refractivity contribution in [2.45, 2.75) is 19.9 Å². The minimum atomic E-state index is -0.586. The molecule has 3 N–H and O–H groups in total. The number of aromatic nitrogens is 2. The fraction of sp³-hybridized carbons (Fsp3) is 0.286. The van der Waals surface area contributed by atoms with Crippen molar-refractivity contribution in [3.05, 3.63) is 47.5 Å². The quantitative estimate of drug-likeness (QED) is 0.787. The standard InChI is InChI=1S/C14H17FN4O/c1-2-5-17-7-10-3-4-13(12(15)6-10)19-9-11(8-18-19)14(16)20/h3-4,6,8-9,17H,2,5,7H2,1H3,(H2,16,20). The number of nitrogens with two attached hydrogens (primary N) is 1. The summed E-state index contributed by atoms with van der Waals surface area (Å²) < 4.78 is 15.4. The van der Waals surface area contributed by atoms with Crippen LogP contribution in [0.4, 0.5) is 4.39 Å². The van der Waals surface area contributed by atoms with Crippen molar-refractivity contribution >= 4 is 5.91 Å². The molecule has 1 heterocycles. The molecule has 0 aliphatic carbocycles. The summed E-state index contributed by atoms with van der Waals surface area (Å²) in [5.41, 5.74) is 6.54. The van der Waals surface area contributed by atoms with Crippen molar-refractivity contribution in [3.8, 4) is 5.69 Å². The lowest BCUT2D eigenvalue weighted by Gasteiger charge is -2.07. The van der Waals surface area contributed by atoms with E-state index in [2.05, 4.69) is 17.3 Å². The van der Waals surface area contributed by atoms with Crippen LogP contribution >= 0.6 is 0 Å². The number of primary amides is 1. The Morgan fingerprint density at radius 1 is 1.50 bits per heavy atom. The lowest BCUT2D eigenvalue weighted by molar-refractivity contribution is 0.100. The zero-order chi connectivity index (χ0) is 14.5. The van der Waals surface area contributed by atoms with Crippen molar-refractivity contribution in [2.75, 3.05) is 6.54 Å². The van der Waals surface area contributed by atoms with Crippen molar-refractivity contribution in [2.24, 2.45) is 5.73 Å². The number of halogens is 1. The highest BCUT2D eigenvalue weighted by atomic mass is 19.1. The van der Waals surface area contributed by atoms with Gasteiger partial charge in [0.1, 0.15) is 11.5 Å². The molecule has 0 spiro atoms. The third-order valence-corrected chi connectivity index (χ3v) is 2.88. The molecule has 1 amide bonds. The van der Waals surface area contributed by atoms with E-state index in [1.165, 1.54) is 23.1 Å². The predicted molar refractivity (Wildman–Crippen MR) is 74.0 cm³/mol. The molecule has 106 valence electrons.